The first-order chi connectivity index (χ1) is 11.4. The number of ether oxygens (including phenoxy) is 1. The van der Waals surface area contributed by atoms with Crippen LogP contribution in [-0.4, -0.2) is 36.8 Å². The minimum atomic E-state index is -0.713. The van der Waals surface area contributed by atoms with Crippen molar-refractivity contribution in [1.29, 1.82) is 0 Å². The molecule has 0 unspecified atom stereocenters. The van der Waals surface area contributed by atoms with Gasteiger partial charge in [0.2, 0.25) is 0 Å². The number of esters is 1. The highest BCUT2D eigenvalue weighted by molar-refractivity contribution is 7.12. The molecule has 0 bridgehead atoms. The highest BCUT2D eigenvalue weighted by Gasteiger charge is 2.13. The van der Waals surface area contributed by atoms with Crippen molar-refractivity contribution in [2.24, 2.45) is 5.92 Å². The van der Waals surface area contributed by atoms with Gasteiger partial charge in [0.05, 0.1) is 11.3 Å². The van der Waals surface area contributed by atoms with Crippen molar-refractivity contribution in [3.05, 3.63) is 22.4 Å². The van der Waals surface area contributed by atoms with Crippen LogP contribution >= 0.6 is 11.3 Å². The molecule has 24 heavy (non-hydrogen) atoms. The third kappa shape index (κ3) is 8.42. The summed E-state index contributed by atoms with van der Waals surface area (Å²) in [7, 11) is 0. The normalized spacial score (nSPS) is 10.3. The first kappa shape index (κ1) is 19.8. The number of amides is 3. The number of imide groups is 1. The van der Waals surface area contributed by atoms with E-state index < -0.39 is 24.5 Å². The number of carbonyl (C=O) groups is 4. The molecule has 7 nitrogen and oxygen atoms in total. The molecule has 1 heterocycles. The fourth-order valence-electron chi connectivity index (χ4n) is 1.68. The molecule has 2 N–H and O–H groups in total. The zero-order chi connectivity index (χ0) is 17.9. The number of carbonyl (C=O) groups excluding carboxylic acids is 4. The predicted molar refractivity (Wildman–Crippen MR) is 89.8 cm³/mol. The summed E-state index contributed by atoms with van der Waals surface area (Å²) in [6.45, 7) is 3.95. The lowest BCUT2D eigenvalue weighted by molar-refractivity contribution is -0.148. The van der Waals surface area contributed by atoms with Crippen LogP contribution in [0.25, 0.3) is 0 Å². The van der Waals surface area contributed by atoms with Crippen LogP contribution in [0.15, 0.2) is 17.5 Å². The third-order valence-corrected chi connectivity index (χ3v) is 3.89. The average Bonchev–Trinajstić information content (AvgIpc) is 3.04. The van der Waals surface area contributed by atoms with E-state index in [-0.39, 0.29) is 18.6 Å². The number of thiophene rings is 1. The molecule has 0 fully saturated rings. The van der Waals surface area contributed by atoms with Crippen LogP contribution in [0.2, 0.25) is 0 Å². The number of hydrogen-bond donors (Lipinski definition) is 2. The second-order valence-corrected chi connectivity index (χ2v) is 6.50. The van der Waals surface area contributed by atoms with E-state index in [0.29, 0.717) is 17.3 Å². The van der Waals surface area contributed by atoms with E-state index in [0.717, 1.165) is 6.42 Å². The minimum absolute atomic E-state index is 0.0245. The molecule has 1 aromatic rings. The van der Waals surface area contributed by atoms with Gasteiger partial charge in [-0.05, 0) is 23.8 Å². The van der Waals surface area contributed by atoms with Gasteiger partial charge in [-0.1, -0.05) is 19.9 Å². The van der Waals surface area contributed by atoms with Crippen molar-refractivity contribution in [2.75, 3.05) is 13.2 Å². The van der Waals surface area contributed by atoms with Crippen LogP contribution in [0, 0.1) is 5.92 Å². The van der Waals surface area contributed by atoms with Gasteiger partial charge in [-0.2, -0.15) is 0 Å². The quantitative estimate of drug-likeness (QED) is 0.522. The average molecular weight is 354 g/mol. The lowest BCUT2D eigenvalue weighted by Crippen LogP contribution is -2.42. The topological polar surface area (TPSA) is 102 Å². The van der Waals surface area contributed by atoms with Gasteiger partial charge in [0, 0.05) is 13.0 Å². The molecule has 0 aliphatic carbocycles. The Kier molecular flexibility index (Phi) is 8.70. The maximum atomic E-state index is 11.7. The summed E-state index contributed by atoms with van der Waals surface area (Å²) >= 11 is 1.31. The number of hydrogen-bond acceptors (Lipinski definition) is 6. The second-order valence-electron chi connectivity index (χ2n) is 5.55. The Morgan fingerprint density at radius 2 is 1.96 bits per heavy atom. The molecular formula is C16H22N2O5S. The zero-order valence-electron chi connectivity index (χ0n) is 13.8. The molecule has 8 heteroatoms. The SMILES string of the molecule is CC(C)CCNC(=O)NC(=O)COC(=O)CCC(=O)c1cccs1. The second kappa shape index (κ2) is 10.5. The monoisotopic (exact) mass is 354 g/mol. The molecule has 3 amide bonds. The standard InChI is InChI=1S/C16H22N2O5S/c1-11(2)7-8-17-16(22)18-14(20)10-23-15(21)6-5-12(19)13-4-3-9-24-13/h3-4,9,11H,5-8,10H2,1-2H3,(H2,17,18,20,22). The molecule has 1 aromatic heterocycles. The van der Waals surface area contributed by atoms with E-state index in [2.05, 4.69) is 10.6 Å². The largest absolute Gasteiger partial charge is 0.456 e. The minimum Gasteiger partial charge on any atom is -0.456 e. The van der Waals surface area contributed by atoms with Crippen molar-refractivity contribution < 1.29 is 23.9 Å². The van der Waals surface area contributed by atoms with Gasteiger partial charge in [-0.15, -0.1) is 11.3 Å². The Morgan fingerprint density at radius 3 is 2.58 bits per heavy atom. The molecule has 0 spiro atoms. The summed E-state index contributed by atoms with van der Waals surface area (Å²) in [6.07, 6.45) is 0.718. The van der Waals surface area contributed by atoms with Gasteiger partial charge in [0.1, 0.15) is 0 Å². The molecule has 0 radical (unpaired) electrons. The molecule has 0 saturated carbocycles. The molecule has 1 rings (SSSR count). The number of Topliss-reactive ketones (excluding diaryl/α,β-unsaturated/α-hetero) is 1. The van der Waals surface area contributed by atoms with E-state index in [1.165, 1.54) is 11.3 Å². The Labute approximate surface area is 144 Å². The van der Waals surface area contributed by atoms with E-state index in [9.17, 15) is 19.2 Å². The highest BCUT2D eigenvalue weighted by atomic mass is 32.1. The highest BCUT2D eigenvalue weighted by Crippen LogP contribution is 2.12. The van der Waals surface area contributed by atoms with Crippen LogP contribution in [0.1, 0.15) is 42.8 Å². The van der Waals surface area contributed by atoms with Gasteiger partial charge < -0.3 is 10.1 Å². The zero-order valence-corrected chi connectivity index (χ0v) is 14.6. The van der Waals surface area contributed by atoms with Crippen molar-refractivity contribution in [1.82, 2.24) is 10.6 Å². The van der Waals surface area contributed by atoms with Crippen LogP contribution < -0.4 is 10.6 Å². The lowest BCUT2D eigenvalue weighted by atomic mass is 10.1. The Balaban J connectivity index is 2.15. The first-order valence-corrected chi connectivity index (χ1v) is 8.56. The smallest absolute Gasteiger partial charge is 0.321 e. The summed E-state index contributed by atoms with van der Waals surface area (Å²) in [5.74, 6) is -1.07. The van der Waals surface area contributed by atoms with E-state index in [4.69, 9.17) is 4.74 Å². The lowest BCUT2D eigenvalue weighted by Gasteiger charge is -2.08. The van der Waals surface area contributed by atoms with Gasteiger partial charge in [-0.25, -0.2) is 4.79 Å². The van der Waals surface area contributed by atoms with E-state index >= 15 is 0 Å². The molecule has 0 aromatic carbocycles. The van der Waals surface area contributed by atoms with E-state index in [1.807, 2.05) is 13.8 Å². The fraction of sp³-hybridized carbons (Fsp3) is 0.500. The van der Waals surface area contributed by atoms with Crippen LogP contribution in [0.3, 0.4) is 0 Å². The Hall–Kier alpha value is -2.22. The maximum Gasteiger partial charge on any atom is 0.321 e. The van der Waals surface area contributed by atoms with Gasteiger partial charge >= 0.3 is 12.0 Å². The summed E-state index contributed by atoms with van der Waals surface area (Å²) < 4.78 is 4.74. The number of nitrogens with one attached hydrogen (secondary N) is 2. The summed E-state index contributed by atoms with van der Waals surface area (Å²) in [4.78, 5) is 46.7. The van der Waals surface area contributed by atoms with Crippen LogP contribution in [0.5, 0.6) is 0 Å². The van der Waals surface area contributed by atoms with Gasteiger partial charge in [0.25, 0.3) is 5.91 Å². The van der Waals surface area contributed by atoms with Crippen molar-refractivity contribution in [3.63, 3.8) is 0 Å². The molecule has 132 valence electrons. The molecule has 0 aliphatic rings. The van der Waals surface area contributed by atoms with Crippen molar-refractivity contribution in [3.8, 4) is 0 Å². The van der Waals surface area contributed by atoms with E-state index in [1.54, 1.807) is 17.5 Å². The van der Waals surface area contributed by atoms with Crippen LogP contribution in [-0.2, 0) is 14.3 Å². The molecular weight excluding hydrogens is 332 g/mol. The van der Waals surface area contributed by atoms with Gasteiger partial charge in [0.15, 0.2) is 12.4 Å². The van der Waals surface area contributed by atoms with Gasteiger partial charge in [-0.3, -0.25) is 19.7 Å². The number of rotatable bonds is 9. The van der Waals surface area contributed by atoms with Crippen LogP contribution in [0.4, 0.5) is 4.79 Å². The maximum absolute atomic E-state index is 11.7. The summed E-state index contributed by atoms with van der Waals surface area (Å²) in [5, 5.41) is 6.38. The van der Waals surface area contributed by atoms with Crippen molar-refractivity contribution in [2.45, 2.75) is 33.1 Å². The summed E-state index contributed by atoms with van der Waals surface area (Å²) in [5.41, 5.74) is 0. The molecule has 0 saturated heterocycles. The Bertz CT molecular complexity index is 569. The summed E-state index contributed by atoms with van der Waals surface area (Å²) in [6, 6.07) is 2.82. The van der Waals surface area contributed by atoms with Crippen molar-refractivity contribution >= 4 is 35.0 Å². The molecule has 0 atom stereocenters. The molecule has 0 aliphatic heterocycles. The Morgan fingerprint density at radius 1 is 1.21 bits per heavy atom. The predicted octanol–water partition coefficient (Wildman–Crippen LogP) is 2.13. The number of ketones is 1. The number of urea groups is 1. The third-order valence-electron chi connectivity index (χ3n) is 2.98. The fourth-order valence-corrected chi connectivity index (χ4v) is 2.37. The first-order valence-electron chi connectivity index (χ1n) is 7.68.